The summed E-state index contributed by atoms with van der Waals surface area (Å²) in [6.45, 7) is 16.4. The minimum Gasteiger partial charge on any atom is -0.0656 e. The van der Waals surface area contributed by atoms with Crippen molar-refractivity contribution in [2.75, 3.05) is 0 Å². The van der Waals surface area contributed by atoms with Crippen molar-refractivity contribution in [2.24, 2.45) is 11.3 Å². The summed E-state index contributed by atoms with van der Waals surface area (Å²) in [5.41, 5.74) is 5.77. The van der Waals surface area contributed by atoms with E-state index in [4.69, 9.17) is 0 Å². The highest BCUT2D eigenvalue weighted by molar-refractivity contribution is 5.42. The Hall–Kier alpha value is -0.780. The van der Waals surface area contributed by atoms with Gasteiger partial charge in [-0.3, -0.25) is 0 Å². The fourth-order valence-corrected chi connectivity index (χ4v) is 5.19. The first-order valence-electron chi connectivity index (χ1n) is 9.89. The summed E-state index contributed by atoms with van der Waals surface area (Å²) in [4.78, 5) is 0. The smallest absolute Gasteiger partial charge is 0.00391 e. The first-order valence-corrected chi connectivity index (χ1v) is 9.89. The molecule has 0 radical (unpaired) electrons. The summed E-state index contributed by atoms with van der Waals surface area (Å²) in [5, 5.41) is 0. The van der Waals surface area contributed by atoms with Gasteiger partial charge in [-0.2, -0.15) is 0 Å². The van der Waals surface area contributed by atoms with Crippen molar-refractivity contribution in [3.63, 3.8) is 0 Å². The number of rotatable bonds is 1. The highest BCUT2D eigenvalue weighted by atomic mass is 14.5. The van der Waals surface area contributed by atoms with Gasteiger partial charge in [0, 0.05) is 0 Å². The number of benzene rings is 1. The third-order valence-electron chi connectivity index (χ3n) is 6.34. The van der Waals surface area contributed by atoms with Crippen molar-refractivity contribution in [2.45, 2.75) is 98.3 Å². The third kappa shape index (κ3) is 3.52. The average molecular weight is 315 g/mol. The molecule has 1 fully saturated rings. The molecule has 2 atom stereocenters. The Kier molecular flexibility index (Phi) is 5.64. The third-order valence-corrected chi connectivity index (χ3v) is 6.34. The lowest BCUT2D eigenvalue weighted by Gasteiger charge is -2.54. The van der Waals surface area contributed by atoms with Gasteiger partial charge in [0.2, 0.25) is 0 Å². The second-order valence-electron chi connectivity index (χ2n) is 9.13. The van der Waals surface area contributed by atoms with Crippen LogP contribution in [0, 0.1) is 11.3 Å². The maximum Gasteiger partial charge on any atom is -0.00391 e. The van der Waals surface area contributed by atoms with E-state index >= 15 is 0 Å². The van der Waals surface area contributed by atoms with Gasteiger partial charge >= 0.3 is 0 Å². The molecule has 0 heteroatoms. The Morgan fingerprint density at radius 3 is 2.35 bits per heavy atom. The molecule has 130 valence electrons. The first kappa shape index (κ1) is 18.6. The zero-order valence-electron chi connectivity index (χ0n) is 16.6. The van der Waals surface area contributed by atoms with Gasteiger partial charge in [0.25, 0.3) is 0 Å². The van der Waals surface area contributed by atoms with Crippen LogP contribution in [0.1, 0.15) is 103 Å². The van der Waals surface area contributed by atoms with Gasteiger partial charge in [-0.25, -0.2) is 0 Å². The molecule has 0 N–H and O–H groups in total. The molecule has 2 aliphatic carbocycles. The van der Waals surface area contributed by atoms with Crippen molar-refractivity contribution < 1.29 is 0 Å². The van der Waals surface area contributed by atoms with Crippen molar-refractivity contribution in [3.05, 3.63) is 34.9 Å². The van der Waals surface area contributed by atoms with E-state index in [9.17, 15) is 0 Å². The van der Waals surface area contributed by atoms with Crippen molar-refractivity contribution >= 4 is 0 Å². The van der Waals surface area contributed by atoms with Crippen LogP contribution in [0.4, 0.5) is 0 Å². The minimum atomic E-state index is 0.421. The molecular formula is C23H38. The molecule has 0 aromatic heterocycles. The largest absolute Gasteiger partial charge is 0.0656 e. The molecule has 0 nitrogen and oxygen atoms in total. The van der Waals surface area contributed by atoms with Gasteiger partial charge in [-0.1, -0.05) is 79.5 Å². The topological polar surface area (TPSA) is 0 Å². The van der Waals surface area contributed by atoms with E-state index in [1.165, 1.54) is 44.1 Å². The van der Waals surface area contributed by atoms with Gasteiger partial charge in [0.05, 0.1) is 0 Å². The maximum atomic E-state index is 2.55. The molecule has 0 spiro atoms. The zero-order chi connectivity index (χ0) is 17.3. The lowest BCUT2D eigenvalue weighted by Crippen LogP contribution is -2.47. The van der Waals surface area contributed by atoms with Crippen LogP contribution in [0.15, 0.2) is 18.2 Å². The maximum absolute atomic E-state index is 2.55. The first-order chi connectivity index (χ1) is 10.8. The molecule has 0 heterocycles. The molecule has 1 aromatic carbocycles. The second kappa shape index (κ2) is 6.99. The number of aryl methyl sites for hydroxylation is 1. The molecule has 0 saturated heterocycles. The molecule has 1 aromatic rings. The summed E-state index contributed by atoms with van der Waals surface area (Å²) in [5.74, 6) is 1.51. The Morgan fingerprint density at radius 2 is 1.74 bits per heavy atom. The Balaban J connectivity index is 0.000000595. The van der Waals surface area contributed by atoms with Crippen molar-refractivity contribution in [1.29, 1.82) is 0 Å². The summed E-state index contributed by atoms with van der Waals surface area (Å²) < 4.78 is 0. The van der Waals surface area contributed by atoms with Crippen LogP contribution in [0.3, 0.4) is 0 Å². The molecule has 2 aliphatic rings. The number of hydrogen-bond donors (Lipinski definition) is 0. The highest BCUT2D eigenvalue weighted by Crippen LogP contribution is 2.57. The second-order valence-corrected chi connectivity index (χ2v) is 9.13. The van der Waals surface area contributed by atoms with E-state index < -0.39 is 0 Å². The minimum absolute atomic E-state index is 0.421. The lowest BCUT2D eigenvalue weighted by atomic mass is 9.50. The van der Waals surface area contributed by atoms with Crippen molar-refractivity contribution in [3.8, 4) is 0 Å². The van der Waals surface area contributed by atoms with Crippen LogP contribution in [-0.2, 0) is 11.8 Å². The van der Waals surface area contributed by atoms with E-state index in [0.717, 1.165) is 5.92 Å². The number of fused-ring (bicyclic) bond motifs is 3. The van der Waals surface area contributed by atoms with Crippen LogP contribution in [0.5, 0.6) is 0 Å². The summed E-state index contributed by atoms with van der Waals surface area (Å²) in [7, 11) is 0. The van der Waals surface area contributed by atoms with E-state index in [1.807, 2.05) is 0 Å². The van der Waals surface area contributed by atoms with E-state index in [2.05, 4.69) is 66.7 Å². The summed E-state index contributed by atoms with van der Waals surface area (Å²) in [6.07, 6.45) is 8.12. The van der Waals surface area contributed by atoms with Gasteiger partial charge in [-0.15, -0.1) is 0 Å². The van der Waals surface area contributed by atoms with Gasteiger partial charge in [0.15, 0.2) is 0 Å². The van der Waals surface area contributed by atoms with E-state index in [0.29, 0.717) is 16.7 Å². The fourth-order valence-electron chi connectivity index (χ4n) is 5.19. The standard InChI is InChI=1S/C20H30.C3H8/c1-14(2)15-7-9-17-16(13-15)8-10-18-19(3,4)11-6-12-20(17,18)5;1-3-2/h7,9,13-14,18H,6,8,10-12H2,1-5H3;3H2,1-2H3. The van der Waals surface area contributed by atoms with Gasteiger partial charge in [-0.05, 0) is 65.0 Å². The van der Waals surface area contributed by atoms with E-state index in [-0.39, 0.29) is 0 Å². The predicted octanol–water partition coefficient (Wildman–Crippen LogP) is 7.26. The molecule has 1 saturated carbocycles. The highest BCUT2D eigenvalue weighted by Gasteiger charge is 2.49. The van der Waals surface area contributed by atoms with Crippen LogP contribution >= 0.6 is 0 Å². The Morgan fingerprint density at radius 1 is 1.09 bits per heavy atom. The van der Waals surface area contributed by atoms with Crippen LogP contribution in [-0.4, -0.2) is 0 Å². The van der Waals surface area contributed by atoms with E-state index in [1.54, 1.807) is 11.1 Å². The van der Waals surface area contributed by atoms with Gasteiger partial charge in [0.1, 0.15) is 0 Å². The summed E-state index contributed by atoms with van der Waals surface area (Å²) >= 11 is 0. The van der Waals surface area contributed by atoms with Gasteiger partial charge < -0.3 is 0 Å². The Bertz CT molecular complexity index is 523. The van der Waals surface area contributed by atoms with Crippen molar-refractivity contribution in [1.82, 2.24) is 0 Å². The normalized spacial score (nSPS) is 28.4. The summed E-state index contributed by atoms with van der Waals surface area (Å²) in [6, 6.07) is 7.36. The lowest BCUT2D eigenvalue weighted by molar-refractivity contribution is 0.0407. The molecule has 0 aliphatic heterocycles. The molecule has 0 amide bonds. The average Bonchev–Trinajstić information content (AvgIpc) is 2.46. The van der Waals surface area contributed by atoms with Crippen LogP contribution in [0.2, 0.25) is 0 Å². The molecule has 0 bridgehead atoms. The molecule has 23 heavy (non-hydrogen) atoms. The number of hydrogen-bond acceptors (Lipinski definition) is 0. The monoisotopic (exact) mass is 314 g/mol. The van der Waals surface area contributed by atoms with Crippen LogP contribution in [0.25, 0.3) is 0 Å². The molecule has 3 rings (SSSR count). The Labute approximate surface area is 145 Å². The zero-order valence-corrected chi connectivity index (χ0v) is 16.6. The SMILES string of the molecule is CC(C)c1ccc2c(c1)CCC1C(C)(C)CCCC21C.CCC. The quantitative estimate of drug-likeness (QED) is 0.512. The molecule has 2 unspecified atom stereocenters. The molecular weight excluding hydrogens is 276 g/mol. The fraction of sp³-hybridized carbons (Fsp3) is 0.739. The van der Waals surface area contributed by atoms with Crippen LogP contribution < -0.4 is 0 Å². The predicted molar refractivity (Wildman–Crippen MR) is 103 cm³/mol.